The van der Waals surface area contributed by atoms with Gasteiger partial charge in [0.25, 0.3) is 5.91 Å². The zero-order chi connectivity index (χ0) is 19.6. The van der Waals surface area contributed by atoms with Gasteiger partial charge in [-0.3, -0.25) is 9.59 Å². The highest BCUT2D eigenvalue weighted by atomic mass is 35.5. The summed E-state index contributed by atoms with van der Waals surface area (Å²) in [7, 11) is 0. The largest absolute Gasteiger partial charge is 0.481 e. The third-order valence-electron chi connectivity index (χ3n) is 4.48. The molecule has 6 nitrogen and oxygen atoms in total. The van der Waals surface area contributed by atoms with Crippen molar-refractivity contribution in [3.8, 4) is 0 Å². The van der Waals surface area contributed by atoms with E-state index in [-0.39, 0.29) is 24.6 Å². The van der Waals surface area contributed by atoms with E-state index in [9.17, 15) is 24.2 Å². The van der Waals surface area contributed by atoms with Crippen LogP contribution in [0.15, 0.2) is 30.3 Å². The molecule has 2 aromatic rings. The highest BCUT2D eigenvalue weighted by Crippen LogP contribution is 2.49. The van der Waals surface area contributed by atoms with Gasteiger partial charge >= 0.3 is 5.97 Å². The number of nitrogens with one attached hydrogen (secondary N) is 2. The summed E-state index contributed by atoms with van der Waals surface area (Å²) in [6.07, 6.45) is -0.0271. The second-order valence-corrected chi connectivity index (χ2v) is 8.15. The van der Waals surface area contributed by atoms with Crippen LogP contribution in [0, 0.1) is 5.82 Å². The first-order chi connectivity index (χ1) is 12.8. The minimum absolute atomic E-state index is 0.0179. The summed E-state index contributed by atoms with van der Waals surface area (Å²) in [6, 6.07) is 7.49. The van der Waals surface area contributed by atoms with E-state index in [2.05, 4.69) is 10.6 Å². The van der Waals surface area contributed by atoms with Crippen LogP contribution < -0.4 is 10.6 Å². The van der Waals surface area contributed by atoms with Crippen LogP contribution in [0.3, 0.4) is 0 Å². The molecule has 1 unspecified atom stereocenters. The molecule has 9 heteroatoms. The van der Waals surface area contributed by atoms with Gasteiger partial charge in [-0.1, -0.05) is 17.7 Å². The number of thiophene rings is 1. The molecule has 1 amide bonds. The van der Waals surface area contributed by atoms with Crippen LogP contribution >= 0.6 is 22.9 Å². The molecule has 0 saturated heterocycles. The minimum Gasteiger partial charge on any atom is -0.481 e. The summed E-state index contributed by atoms with van der Waals surface area (Å²) in [5.74, 6) is -1.93. The van der Waals surface area contributed by atoms with Gasteiger partial charge in [0, 0.05) is 24.3 Å². The van der Waals surface area contributed by atoms with Crippen LogP contribution in [0.25, 0.3) is 0 Å². The first kappa shape index (κ1) is 19.6. The quantitative estimate of drug-likeness (QED) is 0.534. The number of aliphatic hydroxyl groups excluding tert-OH is 1. The van der Waals surface area contributed by atoms with Gasteiger partial charge in [0.2, 0.25) is 0 Å². The number of carbonyl (C=O) groups excluding carboxylic acids is 1. The number of rotatable bonds is 8. The van der Waals surface area contributed by atoms with E-state index in [4.69, 9.17) is 11.6 Å². The molecule has 1 aliphatic carbocycles. The predicted molar refractivity (Wildman–Crippen MR) is 101 cm³/mol. The van der Waals surface area contributed by atoms with Gasteiger partial charge in [-0.15, -0.1) is 11.3 Å². The molecular formula is C18H18ClFN2O4S. The first-order valence-electron chi connectivity index (χ1n) is 8.31. The number of aliphatic hydroxyl groups is 1. The highest BCUT2D eigenvalue weighted by molar-refractivity contribution is 7.17. The smallest absolute Gasteiger partial charge is 0.314 e. The Morgan fingerprint density at radius 2 is 2.00 bits per heavy atom. The number of halogens is 2. The molecule has 144 valence electrons. The number of anilines is 1. The maximum Gasteiger partial charge on any atom is 0.314 e. The summed E-state index contributed by atoms with van der Waals surface area (Å²) in [5.41, 5.74) is -0.493. The minimum atomic E-state index is -1.10. The van der Waals surface area contributed by atoms with Gasteiger partial charge in [-0.25, -0.2) is 4.39 Å². The summed E-state index contributed by atoms with van der Waals surface area (Å²) >= 11 is 6.92. The SMILES string of the molecule is O=C(NCC(O)CNc1ccc(C2(C(=O)O)CC2)c(F)c1)c1ccc(Cl)s1. The molecule has 1 aromatic carbocycles. The Balaban J connectivity index is 1.50. The van der Waals surface area contributed by atoms with Crippen molar-refractivity contribution >= 4 is 40.5 Å². The van der Waals surface area contributed by atoms with Crippen LogP contribution in [0.4, 0.5) is 10.1 Å². The zero-order valence-corrected chi connectivity index (χ0v) is 15.7. The van der Waals surface area contributed by atoms with E-state index < -0.39 is 23.3 Å². The Bertz CT molecular complexity index is 869. The Hall–Kier alpha value is -2.16. The normalized spacial score (nSPS) is 15.8. The number of amides is 1. The lowest BCUT2D eigenvalue weighted by molar-refractivity contribution is -0.140. The Morgan fingerprint density at radius 3 is 2.56 bits per heavy atom. The fourth-order valence-corrected chi connectivity index (χ4v) is 3.74. The van der Waals surface area contributed by atoms with E-state index in [1.807, 2.05) is 0 Å². The van der Waals surface area contributed by atoms with E-state index in [1.165, 1.54) is 12.1 Å². The number of aliphatic carboxylic acids is 1. The van der Waals surface area contributed by atoms with Gasteiger partial charge in [0.15, 0.2) is 0 Å². The van der Waals surface area contributed by atoms with Crippen molar-refractivity contribution in [1.29, 1.82) is 0 Å². The molecule has 1 aromatic heterocycles. The summed E-state index contributed by atoms with van der Waals surface area (Å²) in [4.78, 5) is 23.6. The summed E-state index contributed by atoms with van der Waals surface area (Å²) in [5, 5.41) is 24.7. The second kappa shape index (κ2) is 7.84. The van der Waals surface area contributed by atoms with Crippen molar-refractivity contribution in [3.05, 3.63) is 50.9 Å². The van der Waals surface area contributed by atoms with Crippen LogP contribution in [0.5, 0.6) is 0 Å². The molecule has 27 heavy (non-hydrogen) atoms. The molecule has 1 saturated carbocycles. The fourth-order valence-electron chi connectivity index (χ4n) is 2.78. The second-order valence-electron chi connectivity index (χ2n) is 6.43. The lowest BCUT2D eigenvalue weighted by Crippen LogP contribution is -2.35. The van der Waals surface area contributed by atoms with E-state index in [0.717, 1.165) is 11.3 Å². The van der Waals surface area contributed by atoms with Crippen molar-refractivity contribution in [3.63, 3.8) is 0 Å². The van der Waals surface area contributed by atoms with Crippen LogP contribution in [-0.2, 0) is 10.2 Å². The highest BCUT2D eigenvalue weighted by Gasteiger charge is 2.53. The van der Waals surface area contributed by atoms with E-state index in [1.54, 1.807) is 18.2 Å². The molecule has 1 heterocycles. The van der Waals surface area contributed by atoms with Crippen LogP contribution in [0.1, 0.15) is 28.1 Å². The van der Waals surface area contributed by atoms with Crippen molar-refractivity contribution in [2.24, 2.45) is 0 Å². The number of benzene rings is 1. The third-order valence-corrected chi connectivity index (χ3v) is 5.71. The van der Waals surface area contributed by atoms with Gasteiger partial charge in [-0.05, 0) is 37.1 Å². The Kier molecular flexibility index (Phi) is 5.69. The summed E-state index contributed by atoms with van der Waals surface area (Å²) in [6.45, 7) is 0.110. The van der Waals surface area contributed by atoms with Crippen molar-refractivity contribution in [1.82, 2.24) is 5.32 Å². The summed E-state index contributed by atoms with van der Waals surface area (Å²) < 4.78 is 14.8. The van der Waals surface area contributed by atoms with Gasteiger partial charge in [-0.2, -0.15) is 0 Å². The maximum atomic E-state index is 14.3. The van der Waals surface area contributed by atoms with Gasteiger partial charge < -0.3 is 20.8 Å². The molecule has 1 fully saturated rings. The predicted octanol–water partition coefficient (Wildman–Crippen LogP) is 2.86. The molecule has 4 N–H and O–H groups in total. The van der Waals surface area contributed by atoms with Crippen LogP contribution in [0.2, 0.25) is 4.34 Å². The number of carbonyl (C=O) groups is 2. The number of hydrogen-bond acceptors (Lipinski definition) is 5. The Morgan fingerprint density at radius 1 is 1.26 bits per heavy atom. The van der Waals surface area contributed by atoms with Gasteiger partial charge in [0.05, 0.1) is 20.7 Å². The molecule has 1 atom stereocenters. The molecular weight excluding hydrogens is 395 g/mol. The molecule has 0 spiro atoms. The average Bonchev–Trinajstić information content (AvgIpc) is 3.33. The third kappa shape index (κ3) is 4.40. The number of hydrogen-bond donors (Lipinski definition) is 4. The number of carboxylic acids is 1. The zero-order valence-electron chi connectivity index (χ0n) is 14.2. The fraction of sp³-hybridized carbons (Fsp3) is 0.333. The molecule has 0 aliphatic heterocycles. The standard InChI is InChI=1S/C18H18ClFN2O4S/c19-15-4-3-14(27-15)16(24)22-9-11(23)8-21-10-1-2-12(13(20)7-10)18(5-6-18)17(25)26/h1-4,7,11,21,23H,5-6,8-9H2,(H,22,24)(H,25,26). The van der Waals surface area contributed by atoms with Crippen molar-refractivity contribution in [2.75, 3.05) is 18.4 Å². The molecule has 1 aliphatic rings. The average molecular weight is 413 g/mol. The monoisotopic (exact) mass is 412 g/mol. The lowest BCUT2D eigenvalue weighted by atomic mass is 9.95. The molecule has 3 rings (SSSR count). The van der Waals surface area contributed by atoms with Crippen molar-refractivity contribution < 1.29 is 24.2 Å². The van der Waals surface area contributed by atoms with E-state index in [0.29, 0.717) is 27.7 Å². The first-order valence-corrected chi connectivity index (χ1v) is 9.50. The van der Waals surface area contributed by atoms with Crippen molar-refractivity contribution in [2.45, 2.75) is 24.4 Å². The molecule has 0 radical (unpaired) electrons. The maximum absolute atomic E-state index is 14.3. The van der Waals surface area contributed by atoms with E-state index >= 15 is 0 Å². The van der Waals surface area contributed by atoms with Gasteiger partial charge in [0.1, 0.15) is 5.82 Å². The van der Waals surface area contributed by atoms with Crippen LogP contribution in [-0.4, -0.2) is 41.3 Å². The molecule has 0 bridgehead atoms. The lowest BCUT2D eigenvalue weighted by Gasteiger charge is -2.16. The number of carboxylic acid groups (broad SMARTS) is 1. The Labute approximate surface area is 164 Å². The topological polar surface area (TPSA) is 98.7 Å².